The van der Waals surface area contributed by atoms with Crippen LogP contribution in [0.25, 0.3) is 0 Å². The molecule has 0 fully saturated rings. The molecule has 4 N–H and O–H groups in total. The summed E-state index contributed by atoms with van der Waals surface area (Å²) < 4.78 is 0. The Kier molecular flexibility index (Phi) is 4.30. The molecule has 0 amide bonds. The molecule has 0 aliphatic heterocycles. The number of allylic oxidation sites excluding steroid dienone is 4. The predicted octanol–water partition coefficient (Wildman–Crippen LogP) is 2.92. The molecular weight excluding hydrogens is 268 g/mol. The van der Waals surface area contributed by atoms with Gasteiger partial charge in [-0.05, 0) is 53.4 Å². The molecule has 0 spiro atoms. The zero-order valence-corrected chi connectivity index (χ0v) is 12.6. The van der Waals surface area contributed by atoms with E-state index in [4.69, 9.17) is 0 Å². The van der Waals surface area contributed by atoms with Gasteiger partial charge < -0.3 is 20.4 Å². The summed E-state index contributed by atoms with van der Waals surface area (Å²) >= 11 is 0. The average molecular weight is 292 g/mol. The second-order valence-electron chi connectivity index (χ2n) is 6.80. The lowest BCUT2D eigenvalue weighted by Gasteiger charge is -2.40. The van der Waals surface area contributed by atoms with Crippen molar-refractivity contribution in [2.75, 3.05) is 13.2 Å². The third-order valence-electron chi connectivity index (χ3n) is 4.44. The molecule has 4 nitrogen and oxygen atoms in total. The summed E-state index contributed by atoms with van der Waals surface area (Å²) in [7, 11) is 0. The number of hydrogen-bond donors (Lipinski definition) is 4. The Balaban J connectivity index is 2.16. The van der Waals surface area contributed by atoms with Gasteiger partial charge in [0.25, 0.3) is 0 Å². The Labute approximate surface area is 125 Å². The van der Waals surface area contributed by atoms with Crippen LogP contribution in [-0.2, 0) is 0 Å². The van der Waals surface area contributed by atoms with Gasteiger partial charge >= 0.3 is 0 Å². The highest BCUT2D eigenvalue weighted by molar-refractivity contribution is 5.32. The van der Waals surface area contributed by atoms with E-state index in [1.54, 1.807) is 12.2 Å². The van der Waals surface area contributed by atoms with Gasteiger partial charge in [-0.25, -0.2) is 0 Å². The molecule has 2 atom stereocenters. The fourth-order valence-electron chi connectivity index (χ4n) is 3.51. The lowest BCUT2D eigenvalue weighted by atomic mass is 9.65. The molecule has 2 aliphatic carbocycles. The van der Waals surface area contributed by atoms with Crippen LogP contribution in [0.4, 0.5) is 0 Å². The van der Waals surface area contributed by atoms with Gasteiger partial charge in [0.15, 0.2) is 0 Å². The summed E-state index contributed by atoms with van der Waals surface area (Å²) in [5, 5.41) is 38.1. The van der Waals surface area contributed by atoms with Crippen LogP contribution in [0.1, 0.15) is 33.1 Å². The zero-order chi connectivity index (χ0) is 15.7. The summed E-state index contributed by atoms with van der Waals surface area (Å²) in [6.45, 7) is 3.92. The van der Waals surface area contributed by atoms with Gasteiger partial charge in [0.2, 0.25) is 0 Å². The Morgan fingerprint density at radius 3 is 1.57 bits per heavy atom. The Morgan fingerprint density at radius 1 is 0.857 bits per heavy atom. The van der Waals surface area contributed by atoms with Crippen LogP contribution in [0.5, 0.6) is 0 Å². The average Bonchev–Trinajstić information content (AvgIpc) is 2.44. The number of aliphatic hydroxyl groups is 4. The smallest absolute Gasteiger partial charge is 0.116 e. The van der Waals surface area contributed by atoms with Crippen LogP contribution in [0.15, 0.2) is 47.0 Å². The molecule has 0 aromatic heterocycles. The van der Waals surface area contributed by atoms with Crippen molar-refractivity contribution in [3.05, 3.63) is 47.0 Å². The van der Waals surface area contributed by atoms with Crippen molar-refractivity contribution in [2.45, 2.75) is 33.1 Å². The topological polar surface area (TPSA) is 80.9 Å². The fraction of sp³-hybridized carbons (Fsp3) is 0.529. The Hall–Kier alpha value is -1.52. The summed E-state index contributed by atoms with van der Waals surface area (Å²) in [5.74, 6) is 0.320. The molecule has 2 aliphatic rings. The molecule has 4 heteroatoms. The van der Waals surface area contributed by atoms with E-state index in [1.165, 1.54) is 0 Å². The number of hydrogen-bond acceptors (Lipinski definition) is 4. The molecule has 0 bridgehead atoms. The number of rotatable bonds is 4. The third kappa shape index (κ3) is 3.39. The highest BCUT2D eigenvalue weighted by Gasteiger charge is 2.36. The van der Waals surface area contributed by atoms with E-state index in [2.05, 4.69) is 13.8 Å². The van der Waals surface area contributed by atoms with Crippen molar-refractivity contribution in [3.8, 4) is 0 Å². The minimum absolute atomic E-state index is 0.138. The fourth-order valence-corrected chi connectivity index (χ4v) is 3.51. The minimum Gasteiger partial charge on any atom is -0.508 e. The molecule has 21 heavy (non-hydrogen) atoms. The maximum atomic E-state index is 9.73. The van der Waals surface area contributed by atoms with Gasteiger partial charge in [0.05, 0.1) is 13.2 Å². The zero-order valence-electron chi connectivity index (χ0n) is 12.6. The maximum Gasteiger partial charge on any atom is 0.116 e. The molecule has 2 unspecified atom stereocenters. The highest BCUT2D eigenvalue weighted by Crippen LogP contribution is 2.47. The normalized spacial score (nSPS) is 33.0. The highest BCUT2D eigenvalue weighted by atomic mass is 16.3. The first-order valence-electron chi connectivity index (χ1n) is 7.23. The molecule has 0 radical (unpaired) electrons. The van der Waals surface area contributed by atoms with Gasteiger partial charge in [-0.2, -0.15) is 0 Å². The SMILES string of the molecule is CC1(CC2(C)C=CC(O)=C(CO)C2)C=CC(O)=C(CO)C1. The Morgan fingerprint density at radius 2 is 1.24 bits per heavy atom. The van der Waals surface area contributed by atoms with E-state index in [-0.39, 0.29) is 35.6 Å². The quantitative estimate of drug-likeness (QED) is 0.642. The van der Waals surface area contributed by atoms with Gasteiger partial charge in [0, 0.05) is 0 Å². The maximum absolute atomic E-state index is 9.73. The first-order chi connectivity index (χ1) is 9.81. The van der Waals surface area contributed by atoms with Crippen molar-refractivity contribution in [1.29, 1.82) is 0 Å². The van der Waals surface area contributed by atoms with Crippen molar-refractivity contribution in [2.24, 2.45) is 10.8 Å². The largest absolute Gasteiger partial charge is 0.508 e. The summed E-state index contributed by atoms with van der Waals surface area (Å²) in [6, 6.07) is 0. The molecule has 116 valence electrons. The molecule has 2 rings (SSSR count). The van der Waals surface area contributed by atoms with Gasteiger partial charge in [-0.15, -0.1) is 0 Å². The van der Waals surface area contributed by atoms with Crippen LogP contribution in [0.3, 0.4) is 0 Å². The first-order valence-corrected chi connectivity index (χ1v) is 7.23. The van der Waals surface area contributed by atoms with Crippen molar-refractivity contribution < 1.29 is 20.4 Å². The van der Waals surface area contributed by atoms with Gasteiger partial charge in [0.1, 0.15) is 11.5 Å². The van der Waals surface area contributed by atoms with E-state index in [0.717, 1.165) is 6.42 Å². The number of aliphatic hydroxyl groups excluding tert-OH is 4. The molecule has 0 aromatic rings. The van der Waals surface area contributed by atoms with Gasteiger partial charge in [-0.1, -0.05) is 26.0 Å². The second-order valence-corrected chi connectivity index (χ2v) is 6.80. The summed E-state index contributed by atoms with van der Waals surface area (Å²) in [5.41, 5.74) is 0.974. The van der Waals surface area contributed by atoms with Crippen LogP contribution < -0.4 is 0 Å². The molecule has 0 saturated heterocycles. The van der Waals surface area contributed by atoms with Crippen LogP contribution >= 0.6 is 0 Å². The van der Waals surface area contributed by atoms with Crippen LogP contribution in [0, 0.1) is 10.8 Å². The summed E-state index contributed by atoms with van der Waals surface area (Å²) in [4.78, 5) is 0. The van der Waals surface area contributed by atoms with Crippen molar-refractivity contribution in [1.82, 2.24) is 0 Å². The first kappa shape index (κ1) is 15.9. The third-order valence-corrected chi connectivity index (χ3v) is 4.44. The molecule has 0 saturated carbocycles. The van der Waals surface area contributed by atoms with E-state index >= 15 is 0 Å². The Bertz CT molecular complexity index is 493. The second kappa shape index (κ2) is 5.70. The van der Waals surface area contributed by atoms with Crippen molar-refractivity contribution >= 4 is 0 Å². The molecule has 0 heterocycles. The van der Waals surface area contributed by atoms with E-state index in [0.29, 0.717) is 24.0 Å². The summed E-state index contributed by atoms with van der Waals surface area (Å²) in [6.07, 6.45) is 9.31. The van der Waals surface area contributed by atoms with Crippen molar-refractivity contribution in [3.63, 3.8) is 0 Å². The lowest BCUT2D eigenvalue weighted by Crippen LogP contribution is -2.30. The monoisotopic (exact) mass is 292 g/mol. The van der Waals surface area contributed by atoms with E-state index in [1.807, 2.05) is 12.2 Å². The minimum atomic E-state index is -0.170. The van der Waals surface area contributed by atoms with Crippen LogP contribution in [0.2, 0.25) is 0 Å². The molecule has 0 aromatic carbocycles. The van der Waals surface area contributed by atoms with E-state index < -0.39 is 0 Å². The lowest BCUT2D eigenvalue weighted by molar-refractivity contribution is 0.211. The predicted molar refractivity (Wildman–Crippen MR) is 81.8 cm³/mol. The van der Waals surface area contributed by atoms with Crippen LogP contribution in [-0.4, -0.2) is 33.6 Å². The van der Waals surface area contributed by atoms with Gasteiger partial charge in [-0.3, -0.25) is 0 Å². The molecular formula is C17H24O4. The van der Waals surface area contributed by atoms with E-state index in [9.17, 15) is 20.4 Å². The standard InChI is InChI=1S/C17H24O4/c1-16(5-3-14(20)12(7-16)9-18)11-17(2)6-4-15(21)13(8-17)10-19/h3-6,18-21H,7-11H2,1-2H3.